The Hall–Kier alpha value is -4.62. The smallest absolute Gasteiger partial charge is 0.362 e. The summed E-state index contributed by atoms with van der Waals surface area (Å²) < 4.78 is 27.3. The monoisotopic (exact) mass is 655 g/mol. The zero-order valence-electron chi connectivity index (χ0n) is 28.4. The van der Waals surface area contributed by atoms with E-state index in [4.69, 9.17) is 23.7 Å². The van der Waals surface area contributed by atoms with Gasteiger partial charge in [0, 0.05) is 25.8 Å². The van der Waals surface area contributed by atoms with E-state index in [1.807, 2.05) is 0 Å². The third-order valence-electron chi connectivity index (χ3n) is 7.55. The summed E-state index contributed by atoms with van der Waals surface area (Å²) in [4.78, 5) is 57.3. The van der Waals surface area contributed by atoms with Gasteiger partial charge in [-0.15, -0.1) is 0 Å². The van der Waals surface area contributed by atoms with Crippen LogP contribution in [0, 0.1) is 5.92 Å². The summed E-state index contributed by atoms with van der Waals surface area (Å²) in [6.07, 6.45) is 0.677. The highest BCUT2D eigenvalue weighted by Gasteiger charge is 2.55. The number of hydrogen-bond donors (Lipinski definition) is 2. The van der Waals surface area contributed by atoms with E-state index in [9.17, 15) is 24.3 Å². The van der Waals surface area contributed by atoms with Gasteiger partial charge >= 0.3 is 5.97 Å². The van der Waals surface area contributed by atoms with Crippen LogP contribution in [-0.4, -0.2) is 97.6 Å². The normalized spacial score (nSPS) is 16.7. The number of esters is 1. The molecule has 0 spiro atoms. The molecule has 0 aromatic heterocycles. The number of nitrogens with one attached hydrogen (secondary N) is 1. The van der Waals surface area contributed by atoms with E-state index < -0.39 is 53.5 Å². The van der Waals surface area contributed by atoms with Crippen LogP contribution in [0.15, 0.2) is 48.7 Å². The molecule has 3 atom stereocenters. The molecule has 3 amide bonds. The van der Waals surface area contributed by atoms with Gasteiger partial charge in [-0.25, -0.2) is 4.79 Å². The molecule has 2 aromatic carbocycles. The van der Waals surface area contributed by atoms with E-state index in [1.54, 1.807) is 70.2 Å². The van der Waals surface area contributed by atoms with E-state index in [0.29, 0.717) is 11.1 Å². The average Bonchev–Trinajstić information content (AvgIpc) is 3.02. The van der Waals surface area contributed by atoms with Crippen molar-refractivity contribution < 1.29 is 48.0 Å². The minimum atomic E-state index is -2.75. The molecule has 256 valence electrons. The van der Waals surface area contributed by atoms with E-state index >= 15 is 0 Å². The maximum Gasteiger partial charge on any atom is 0.362 e. The molecule has 0 bridgehead atoms. The number of carbonyl (C=O) groups is 4. The van der Waals surface area contributed by atoms with Crippen molar-refractivity contribution in [1.82, 2.24) is 15.1 Å². The highest BCUT2D eigenvalue weighted by Crippen LogP contribution is 2.43. The van der Waals surface area contributed by atoms with Crippen molar-refractivity contribution in [3.05, 3.63) is 59.8 Å². The number of benzene rings is 2. The zero-order chi connectivity index (χ0) is 35.1. The van der Waals surface area contributed by atoms with Gasteiger partial charge in [0.2, 0.25) is 11.7 Å². The van der Waals surface area contributed by atoms with Gasteiger partial charge in [-0.05, 0) is 43.9 Å². The Morgan fingerprint density at radius 1 is 0.957 bits per heavy atom. The number of rotatable bonds is 14. The lowest BCUT2D eigenvalue weighted by molar-refractivity contribution is -0.185. The van der Waals surface area contributed by atoms with Gasteiger partial charge in [-0.1, -0.05) is 44.2 Å². The summed E-state index contributed by atoms with van der Waals surface area (Å²) in [5.74, 6) is -2.71. The van der Waals surface area contributed by atoms with E-state index in [0.717, 1.165) is 6.92 Å². The highest BCUT2D eigenvalue weighted by atomic mass is 16.6. The predicted molar refractivity (Wildman–Crippen MR) is 172 cm³/mol. The lowest BCUT2D eigenvalue weighted by Crippen LogP contribution is -2.70. The molecule has 2 unspecified atom stereocenters. The predicted octanol–water partition coefficient (Wildman–Crippen LogP) is 2.74. The summed E-state index contributed by atoms with van der Waals surface area (Å²) in [6, 6.07) is 9.45. The molecule has 1 heterocycles. The molecular formula is C34H45N3O10. The SMILES string of the molecule is COCC(=O)N1C=C(c2cc(OC)c(OC)c(OC)c2)N([C@@H](Cc2ccccc2)C(O)(NC(C)=O)C(=O)OC(C)C)C(=O)C1C(C)C. The third kappa shape index (κ3) is 8.03. The molecule has 13 heteroatoms. The number of methoxy groups -OCH3 is 4. The molecule has 3 rings (SSSR count). The number of hydrogen-bond acceptors (Lipinski definition) is 10. The van der Waals surface area contributed by atoms with Gasteiger partial charge in [-0.2, -0.15) is 0 Å². The van der Waals surface area contributed by atoms with Crippen molar-refractivity contribution in [3.63, 3.8) is 0 Å². The summed E-state index contributed by atoms with van der Waals surface area (Å²) in [5.41, 5.74) is -1.71. The van der Waals surface area contributed by atoms with Gasteiger partial charge in [0.25, 0.3) is 17.5 Å². The number of aliphatic hydroxyl groups is 1. The van der Waals surface area contributed by atoms with Crippen molar-refractivity contribution in [1.29, 1.82) is 0 Å². The van der Waals surface area contributed by atoms with Crippen LogP contribution < -0.4 is 19.5 Å². The quantitative estimate of drug-likeness (QED) is 0.230. The fraction of sp³-hybridized carbons (Fsp3) is 0.471. The Balaban J connectivity index is 2.48. The maximum atomic E-state index is 14.9. The van der Waals surface area contributed by atoms with Crippen molar-refractivity contribution in [2.75, 3.05) is 35.0 Å². The Kier molecular flexibility index (Phi) is 12.4. The first-order valence-electron chi connectivity index (χ1n) is 15.1. The Morgan fingerprint density at radius 2 is 1.55 bits per heavy atom. The molecule has 13 nitrogen and oxygen atoms in total. The maximum absolute atomic E-state index is 14.9. The molecule has 0 saturated heterocycles. The van der Waals surface area contributed by atoms with Crippen LogP contribution in [0.3, 0.4) is 0 Å². The molecule has 0 aliphatic carbocycles. The molecule has 2 N–H and O–H groups in total. The van der Waals surface area contributed by atoms with Crippen molar-refractivity contribution in [3.8, 4) is 17.2 Å². The number of carbonyl (C=O) groups excluding carboxylic acids is 4. The first kappa shape index (κ1) is 36.8. The second kappa shape index (κ2) is 15.8. The van der Waals surface area contributed by atoms with Crippen LogP contribution in [0.2, 0.25) is 0 Å². The number of ether oxygens (including phenoxy) is 5. The largest absolute Gasteiger partial charge is 0.493 e. The van der Waals surface area contributed by atoms with E-state index in [2.05, 4.69) is 5.32 Å². The van der Waals surface area contributed by atoms with Crippen LogP contribution in [0.4, 0.5) is 0 Å². The topological polar surface area (TPSA) is 153 Å². The van der Waals surface area contributed by atoms with Gasteiger partial charge in [-0.3, -0.25) is 19.3 Å². The number of amides is 3. The van der Waals surface area contributed by atoms with Crippen molar-refractivity contribution >= 4 is 29.4 Å². The summed E-state index contributed by atoms with van der Waals surface area (Å²) in [7, 11) is 5.67. The Labute approximate surface area is 275 Å². The third-order valence-corrected chi connectivity index (χ3v) is 7.55. The van der Waals surface area contributed by atoms with Crippen LogP contribution >= 0.6 is 0 Å². The fourth-order valence-corrected chi connectivity index (χ4v) is 5.56. The molecule has 1 aliphatic rings. The van der Waals surface area contributed by atoms with Crippen LogP contribution in [0.1, 0.15) is 45.7 Å². The molecule has 1 aliphatic heterocycles. The summed E-state index contributed by atoms with van der Waals surface area (Å²) in [6.45, 7) is 7.55. The molecule has 0 fully saturated rings. The zero-order valence-corrected chi connectivity index (χ0v) is 28.4. The fourth-order valence-electron chi connectivity index (χ4n) is 5.56. The first-order chi connectivity index (χ1) is 22.2. The van der Waals surface area contributed by atoms with Gasteiger partial charge in [0.15, 0.2) is 11.5 Å². The van der Waals surface area contributed by atoms with E-state index in [-0.39, 0.29) is 36.0 Å². The standard InChI is InChI=1S/C34H45N3O10/c1-20(2)30-32(40)37(28(15-23-13-11-10-12-14-23)34(42,35-22(5)38)33(41)47-21(3)4)25(18-36(30)29(39)19-43-6)24-16-26(44-7)31(46-9)27(17-24)45-8/h10-14,16-18,20-21,28,30,42H,15,19H2,1-9H3,(H,35,38)/t28-,30?,34?/m0/s1. The van der Waals surface area contributed by atoms with Crippen LogP contribution in [0.25, 0.3) is 5.70 Å². The minimum Gasteiger partial charge on any atom is -0.493 e. The number of nitrogens with zero attached hydrogens (tertiary/aromatic N) is 2. The molecule has 2 aromatic rings. The molecule has 0 radical (unpaired) electrons. The molecular weight excluding hydrogens is 610 g/mol. The van der Waals surface area contributed by atoms with Gasteiger partial charge in [0.05, 0.1) is 33.1 Å². The first-order valence-corrected chi connectivity index (χ1v) is 15.1. The van der Waals surface area contributed by atoms with Gasteiger partial charge < -0.3 is 39.0 Å². The second-order valence-electron chi connectivity index (χ2n) is 11.7. The van der Waals surface area contributed by atoms with Crippen molar-refractivity contribution in [2.24, 2.45) is 5.92 Å². The van der Waals surface area contributed by atoms with Crippen molar-refractivity contribution in [2.45, 2.75) is 65.0 Å². The highest BCUT2D eigenvalue weighted by molar-refractivity contribution is 5.99. The van der Waals surface area contributed by atoms with E-state index in [1.165, 1.54) is 44.4 Å². The molecule has 47 heavy (non-hydrogen) atoms. The Morgan fingerprint density at radius 3 is 2.02 bits per heavy atom. The minimum absolute atomic E-state index is 0.0951. The van der Waals surface area contributed by atoms with Gasteiger partial charge in [0.1, 0.15) is 18.7 Å². The van der Waals surface area contributed by atoms with Crippen LogP contribution in [0.5, 0.6) is 17.2 Å². The van der Waals surface area contributed by atoms with Crippen LogP contribution in [-0.2, 0) is 35.1 Å². The lowest BCUT2D eigenvalue weighted by atomic mass is 9.89. The lowest BCUT2D eigenvalue weighted by Gasteiger charge is -2.48. The second-order valence-corrected chi connectivity index (χ2v) is 11.7. The average molecular weight is 656 g/mol. The molecule has 0 saturated carbocycles. The summed E-state index contributed by atoms with van der Waals surface area (Å²) in [5, 5.41) is 14.7. The summed E-state index contributed by atoms with van der Waals surface area (Å²) >= 11 is 0. The Bertz CT molecular complexity index is 1450.